The van der Waals surface area contributed by atoms with Crippen molar-refractivity contribution < 1.29 is 4.79 Å². The average molecular weight is 434 g/mol. The highest BCUT2D eigenvalue weighted by Gasteiger charge is 2.21. The second-order valence-electron chi connectivity index (χ2n) is 8.89. The Kier molecular flexibility index (Phi) is 7.43. The zero-order valence-corrected chi connectivity index (χ0v) is 19.4. The van der Waals surface area contributed by atoms with E-state index in [0.717, 1.165) is 58.2 Å². The molecule has 2 aromatic rings. The van der Waals surface area contributed by atoms with E-state index in [-0.39, 0.29) is 5.91 Å². The van der Waals surface area contributed by atoms with Gasteiger partial charge in [0.2, 0.25) is 5.91 Å². The number of benzene rings is 2. The SMILES string of the molecule is CN=C(NCc1cccc(CN2CCCC2=O)c1)N1CCN(Cc2cccc(C)c2)CC1. The van der Waals surface area contributed by atoms with E-state index in [4.69, 9.17) is 0 Å². The summed E-state index contributed by atoms with van der Waals surface area (Å²) in [6, 6.07) is 17.3. The lowest BCUT2D eigenvalue weighted by Crippen LogP contribution is -2.52. The number of guanidine groups is 1. The number of aliphatic imine (C=N–C) groups is 1. The molecule has 0 aliphatic carbocycles. The van der Waals surface area contributed by atoms with Crippen molar-refractivity contribution in [2.75, 3.05) is 39.8 Å². The summed E-state index contributed by atoms with van der Waals surface area (Å²) in [6.07, 6.45) is 1.67. The Morgan fingerprint density at radius 3 is 2.34 bits per heavy atom. The van der Waals surface area contributed by atoms with Crippen LogP contribution in [0, 0.1) is 6.92 Å². The minimum Gasteiger partial charge on any atom is -0.352 e. The van der Waals surface area contributed by atoms with Crippen LogP contribution in [0.2, 0.25) is 0 Å². The molecule has 0 spiro atoms. The van der Waals surface area contributed by atoms with Gasteiger partial charge in [0, 0.05) is 65.8 Å². The predicted molar refractivity (Wildman–Crippen MR) is 129 cm³/mol. The van der Waals surface area contributed by atoms with Crippen molar-refractivity contribution in [3.63, 3.8) is 0 Å². The molecule has 0 saturated carbocycles. The van der Waals surface area contributed by atoms with E-state index >= 15 is 0 Å². The third-order valence-electron chi connectivity index (χ3n) is 6.36. The summed E-state index contributed by atoms with van der Waals surface area (Å²) < 4.78 is 0. The van der Waals surface area contributed by atoms with Crippen LogP contribution in [0.1, 0.15) is 35.1 Å². The fourth-order valence-electron chi connectivity index (χ4n) is 4.63. The number of hydrogen-bond acceptors (Lipinski definition) is 3. The average Bonchev–Trinajstić information content (AvgIpc) is 3.20. The first-order valence-corrected chi connectivity index (χ1v) is 11.7. The normalized spacial score (nSPS) is 17.8. The largest absolute Gasteiger partial charge is 0.352 e. The first kappa shape index (κ1) is 22.3. The molecule has 4 rings (SSSR count). The Hall–Kier alpha value is -2.86. The summed E-state index contributed by atoms with van der Waals surface area (Å²) in [5.74, 6) is 1.23. The zero-order valence-electron chi connectivity index (χ0n) is 19.4. The van der Waals surface area contributed by atoms with Crippen LogP contribution in [0.5, 0.6) is 0 Å². The Morgan fingerprint density at radius 2 is 1.66 bits per heavy atom. The fourth-order valence-corrected chi connectivity index (χ4v) is 4.63. The fraction of sp³-hybridized carbons (Fsp3) is 0.462. The van der Waals surface area contributed by atoms with Crippen LogP contribution in [0.15, 0.2) is 53.5 Å². The van der Waals surface area contributed by atoms with E-state index in [1.165, 1.54) is 22.3 Å². The molecular weight excluding hydrogens is 398 g/mol. The number of piperazine rings is 1. The minimum atomic E-state index is 0.274. The maximum Gasteiger partial charge on any atom is 0.222 e. The van der Waals surface area contributed by atoms with Crippen LogP contribution in [0.3, 0.4) is 0 Å². The smallest absolute Gasteiger partial charge is 0.222 e. The highest BCUT2D eigenvalue weighted by Crippen LogP contribution is 2.15. The molecule has 2 heterocycles. The van der Waals surface area contributed by atoms with Gasteiger partial charge in [-0.15, -0.1) is 0 Å². The standard InChI is InChI=1S/C26H35N5O/c1-21-6-3-8-23(16-21)19-29-12-14-30(15-13-29)26(27-2)28-18-22-7-4-9-24(17-22)20-31-11-5-10-25(31)32/h3-4,6-9,16-17H,5,10-15,18-20H2,1-2H3,(H,27,28). The Bertz CT molecular complexity index is 949. The quantitative estimate of drug-likeness (QED) is 0.562. The molecule has 0 radical (unpaired) electrons. The number of carbonyl (C=O) groups excluding carboxylic acids is 1. The lowest BCUT2D eigenvalue weighted by molar-refractivity contribution is -0.128. The van der Waals surface area contributed by atoms with Crippen LogP contribution in [-0.4, -0.2) is 66.3 Å². The van der Waals surface area contributed by atoms with Gasteiger partial charge in [-0.05, 0) is 30.0 Å². The third-order valence-corrected chi connectivity index (χ3v) is 6.36. The minimum absolute atomic E-state index is 0.274. The van der Waals surface area contributed by atoms with Crippen LogP contribution in [-0.2, 0) is 24.4 Å². The van der Waals surface area contributed by atoms with Crippen molar-refractivity contribution in [3.05, 3.63) is 70.8 Å². The van der Waals surface area contributed by atoms with E-state index in [1.54, 1.807) is 0 Å². The van der Waals surface area contributed by atoms with Gasteiger partial charge in [-0.3, -0.25) is 14.7 Å². The summed E-state index contributed by atoms with van der Waals surface area (Å²) >= 11 is 0. The summed E-state index contributed by atoms with van der Waals surface area (Å²) in [5.41, 5.74) is 5.12. The number of amides is 1. The second kappa shape index (κ2) is 10.6. The molecule has 0 atom stereocenters. The molecule has 2 aliphatic rings. The Balaban J connectivity index is 1.26. The third kappa shape index (κ3) is 5.88. The maximum absolute atomic E-state index is 11.9. The van der Waals surface area contributed by atoms with E-state index in [9.17, 15) is 4.79 Å². The summed E-state index contributed by atoms with van der Waals surface area (Å²) in [7, 11) is 1.86. The van der Waals surface area contributed by atoms with Gasteiger partial charge in [0.1, 0.15) is 0 Å². The Morgan fingerprint density at radius 1 is 0.938 bits per heavy atom. The predicted octanol–water partition coefficient (Wildman–Crippen LogP) is 3.01. The first-order chi connectivity index (χ1) is 15.6. The van der Waals surface area contributed by atoms with Gasteiger partial charge in [0.05, 0.1) is 0 Å². The molecule has 0 aromatic heterocycles. The Labute approximate surface area is 191 Å². The maximum atomic E-state index is 11.9. The van der Waals surface area contributed by atoms with E-state index < -0.39 is 0 Å². The summed E-state index contributed by atoms with van der Waals surface area (Å²) in [4.78, 5) is 23.3. The van der Waals surface area contributed by atoms with E-state index in [0.29, 0.717) is 13.0 Å². The molecule has 6 nitrogen and oxygen atoms in total. The molecule has 0 unspecified atom stereocenters. The van der Waals surface area contributed by atoms with Crippen LogP contribution >= 0.6 is 0 Å². The van der Waals surface area contributed by atoms with Gasteiger partial charge in [0.15, 0.2) is 5.96 Å². The molecule has 170 valence electrons. The first-order valence-electron chi connectivity index (χ1n) is 11.7. The van der Waals surface area contributed by atoms with Crippen molar-refractivity contribution >= 4 is 11.9 Å². The van der Waals surface area contributed by atoms with E-state index in [2.05, 4.69) is 75.6 Å². The topological polar surface area (TPSA) is 51.2 Å². The van der Waals surface area contributed by atoms with Crippen molar-refractivity contribution in [2.45, 2.75) is 39.4 Å². The second-order valence-corrected chi connectivity index (χ2v) is 8.89. The number of aryl methyl sites for hydroxylation is 1. The number of hydrogen-bond donors (Lipinski definition) is 1. The highest BCUT2D eigenvalue weighted by molar-refractivity contribution is 5.80. The summed E-state index contributed by atoms with van der Waals surface area (Å²) in [6.45, 7) is 9.51. The number of nitrogens with zero attached hydrogens (tertiary/aromatic N) is 4. The summed E-state index contributed by atoms with van der Waals surface area (Å²) in [5, 5.41) is 3.53. The van der Waals surface area contributed by atoms with Crippen LogP contribution < -0.4 is 5.32 Å². The number of nitrogens with one attached hydrogen (secondary N) is 1. The lowest BCUT2D eigenvalue weighted by Gasteiger charge is -2.36. The molecule has 2 saturated heterocycles. The molecular formula is C26H35N5O. The molecule has 2 fully saturated rings. The van der Waals surface area contributed by atoms with Crippen LogP contribution in [0.4, 0.5) is 0 Å². The monoisotopic (exact) mass is 433 g/mol. The number of likely N-dealkylation sites (tertiary alicyclic amines) is 1. The molecule has 32 heavy (non-hydrogen) atoms. The highest BCUT2D eigenvalue weighted by atomic mass is 16.2. The molecule has 2 aromatic carbocycles. The van der Waals surface area contributed by atoms with Gasteiger partial charge in [-0.2, -0.15) is 0 Å². The van der Waals surface area contributed by atoms with Crippen LogP contribution in [0.25, 0.3) is 0 Å². The molecule has 2 aliphatic heterocycles. The van der Waals surface area contributed by atoms with Crippen molar-refractivity contribution in [1.82, 2.24) is 20.0 Å². The zero-order chi connectivity index (χ0) is 22.3. The van der Waals surface area contributed by atoms with Gasteiger partial charge in [-0.25, -0.2) is 0 Å². The molecule has 1 amide bonds. The van der Waals surface area contributed by atoms with Crippen molar-refractivity contribution in [3.8, 4) is 0 Å². The van der Waals surface area contributed by atoms with Gasteiger partial charge in [-0.1, -0.05) is 54.1 Å². The lowest BCUT2D eigenvalue weighted by atomic mass is 10.1. The van der Waals surface area contributed by atoms with E-state index in [1.807, 2.05) is 11.9 Å². The van der Waals surface area contributed by atoms with Gasteiger partial charge in [0.25, 0.3) is 0 Å². The van der Waals surface area contributed by atoms with Gasteiger partial charge < -0.3 is 15.1 Å². The van der Waals surface area contributed by atoms with Crippen molar-refractivity contribution in [1.29, 1.82) is 0 Å². The number of carbonyl (C=O) groups is 1. The van der Waals surface area contributed by atoms with Gasteiger partial charge >= 0.3 is 0 Å². The number of rotatable bonds is 6. The molecule has 6 heteroatoms. The molecule has 0 bridgehead atoms. The van der Waals surface area contributed by atoms with Crippen molar-refractivity contribution in [2.24, 2.45) is 4.99 Å². The molecule has 1 N–H and O–H groups in total.